The number of ketones is 1. The van der Waals surface area contributed by atoms with Gasteiger partial charge >= 0.3 is 0 Å². The molecule has 1 fully saturated rings. The summed E-state index contributed by atoms with van der Waals surface area (Å²) >= 11 is 1.53. The van der Waals surface area contributed by atoms with Crippen LogP contribution in [0.15, 0.2) is 5.38 Å². The molecule has 15 heavy (non-hydrogen) atoms. The second kappa shape index (κ2) is 4.72. The summed E-state index contributed by atoms with van der Waals surface area (Å²) in [4.78, 5) is 17.6. The smallest absolute Gasteiger partial charge is 0.186 e. The van der Waals surface area contributed by atoms with Crippen LogP contribution in [0.3, 0.4) is 0 Å². The molecule has 1 aliphatic heterocycles. The van der Waals surface area contributed by atoms with Gasteiger partial charge in [-0.2, -0.15) is 0 Å². The molecule has 0 atom stereocenters. The Morgan fingerprint density at radius 1 is 1.53 bits per heavy atom. The monoisotopic (exact) mass is 226 g/mol. The van der Waals surface area contributed by atoms with Gasteiger partial charge < -0.3 is 9.64 Å². The van der Waals surface area contributed by atoms with Crippen LogP contribution in [0.2, 0.25) is 0 Å². The highest BCUT2D eigenvalue weighted by Gasteiger charge is 2.14. The van der Waals surface area contributed by atoms with E-state index in [4.69, 9.17) is 4.74 Å². The summed E-state index contributed by atoms with van der Waals surface area (Å²) in [7, 11) is 0. The largest absolute Gasteiger partial charge is 0.380 e. The number of aromatic nitrogens is 1. The lowest BCUT2D eigenvalue weighted by atomic mass is 10.4. The molecule has 0 aromatic carbocycles. The van der Waals surface area contributed by atoms with Gasteiger partial charge in [0.15, 0.2) is 10.9 Å². The number of hydrogen-bond acceptors (Lipinski definition) is 5. The molecule has 5 heteroatoms. The van der Waals surface area contributed by atoms with E-state index in [1.165, 1.54) is 11.3 Å². The van der Waals surface area contributed by atoms with Gasteiger partial charge in [-0.25, -0.2) is 4.98 Å². The maximum Gasteiger partial charge on any atom is 0.186 e. The normalized spacial score (nSPS) is 17.5. The number of anilines is 1. The minimum absolute atomic E-state index is 0.0311. The van der Waals surface area contributed by atoms with Crippen molar-refractivity contribution in [2.75, 3.05) is 31.2 Å². The average Bonchev–Trinajstić information content (AvgIpc) is 2.55. The zero-order chi connectivity index (χ0) is 10.7. The zero-order valence-electron chi connectivity index (χ0n) is 8.73. The van der Waals surface area contributed by atoms with Crippen LogP contribution >= 0.6 is 11.3 Å². The van der Waals surface area contributed by atoms with Crippen LogP contribution < -0.4 is 4.90 Å². The van der Waals surface area contributed by atoms with Crippen molar-refractivity contribution in [2.24, 2.45) is 0 Å². The first-order valence-corrected chi connectivity index (χ1v) is 5.94. The number of nitrogens with zero attached hydrogens (tertiary/aromatic N) is 2. The Morgan fingerprint density at radius 2 is 2.40 bits per heavy atom. The minimum atomic E-state index is 0.0311. The van der Waals surface area contributed by atoms with Crippen molar-refractivity contribution < 1.29 is 9.53 Å². The van der Waals surface area contributed by atoms with E-state index in [9.17, 15) is 4.79 Å². The van der Waals surface area contributed by atoms with Gasteiger partial charge in [-0.05, 0) is 6.42 Å². The molecule has 0 amide bonds. The molecule has 1 aromatic heterocycles. The summed E-state index contributed by atoms with van der Waals surface area (Å²) in [5, 5.41) is 2.76. The Bertz CT molecular complexity index is 343. The molecule has 0 bridgehead atoms. The summed E-state index contributed by atoms with van der Waals surface area (Å²) in [5.41, 5.74) is 0.570. The van der Waals surface area contributed by atoms with Crippen LogP contribution in [0, 0.1) is 0 Å². The molecule has 2 rings (SSSR count). The highest BCUT2D eigenvalue weighted by Crippen LogP contribution is 2.21. The summed E-state index contributed by atoms with van der Waals surface area (Å²) < 4.78 is 5.37. The molecule has 0 radical (unpaired) electrons. The molecular formula is C10H14N2O2S. The van der Waals surface area contributed by atoms with Crippen molar-refractivity contribution in [3.8, 4) is 0 Å². The first-order valence-electron chi connectivity index (χ1n) is 5.06. The molecule has 1 aromatic rings. The van der Waals surface area contributed by atoms with Gasteiger partial charge in [0.1, 0.15) is 5.69 Å². The highest BCUT2D eigenvalue weighted by atomic mass is 32.1. The van der Waals surface area contributed by atoms with Gasteiger partial charge in [0, 0.05) is 32.0 Å². The zero-order valence-corrected chi connectivity index (χ0v) is 9.55. The van der Waals surface area contributed by atoms with Crippen LogP contribution in [-0.2, 0) is 4.74 Å². The third kappa shape index (κ3) is 2.54. The van der Waals surface area contributed by atoms with Gasteiger partial charge in [-0.15, -0.1) is 11.3 Å². The topological polar surface area (TPSA) is 42.4 Å². The van der Waals surface area contributed by atoms with Gasteiger partial charge in [-0.3, -0.25) is 4.79 Å². The van der Waals surface area contributed by atoms with Crippen LogP contribution in [0.5, 0.6) is 0 Å². The average molecular weight is 226 g/mol. The molecule has 0 aliphatic carbocycles. The maximum atomic E-state index is 11.1. The Morgan fingerprint density at radius 3 is 3.13 bits per heavy atom. The lowest BCUT2D eigenvalue weighted by molar-refractivity contribution is 0.101. The van der Waals surface area contributed by atoms with E-state index in [2.05, 4.69) is 9.88 Å². The standard InChI is InChI=1S/C10H14N2O2S/c1-8(13)9-7-15-10(11-9)12-3-2-5-14-6-4-12/h7H,2-6H2,1H3. The van der Waals surface area contributed by atoms with Crippen LogP contribution in [0.4, 0.5) is 5.13 Å². The number of thiazole rings is 1. The van der Waals surface area contributed by atoms with Crippen molar-refractivity contribution in [2.45, 2.75) is 13.3 Å². The van der Waals surface area contributed by atoms with Crippen LogP contribution in [0.25, 0.3) is 0 Å². The predicted molar refractivity (Wildman–Crippen MR) is 59.8 cm³/mol. The third-order valence-corrected chi connectivity index (χ3v) is 3.25. The second-order valence-electron chi connectivity index (χ2n) is 3.52. The molecule has 82 valence electrons. The molecule has 0 unspecified atom stereocenters. The van der Waals surface area contributed by atoms with E-state index in [0.29, 0.717) is 5.69 Å². The molecule has 0 N–H and O–H groups in total. The maximum absolute atomic E-state index is 11.1. The number of rotatable bonds is 2. The van der Waals surface area contributed by atoms with Crippen molar-refractivity contribution in [3.63, 3.8) is 0 Å². The van der Waals surface area contributed by atoms with E-state index >= 15 is 0 Å². The van der Waals surface area contributed by atoms with Gasteiger partial charge in [0.25, 0.3) is 0 Å². The van der Waals surface area contributed by atoms with Crippen LogP contribution in [-0.4, -0.2) is 37.1 Å². The summed E-state index contributed by atoms with van der Waals surface area (Å²) in [6.07, 6.45) is 1.02. The SMILES string of the molecule is CC(=O)c1csc(N2CCCOCC2)n1. The number of ether oxygens (including phenoxy) is 1. The quantitative estimate of drug-likeness (QED) is 0.718. The Kier molecular flexibility index (Phi) is 3.33. The third-order valence-electron chi connectivity index (χ3n) is 2.35. The first kappa shape index (κ1) is 10.6. The van der Waals surface area contributed by atoms with E-state index in [1.54, 1.807) is 6.92 Å². The first-order chi connectivity index (χ1) is 7.27. The van der Waals surface area contributed by atoms with E-state index in [-0.39, 0.29) is 5.78 Å². The number of hydrogen-bond donors (Lipinski definition) is 0. The molecule has 4 nitrogen and oxygen atoms in total. The lowest BCUT2D eigenvalue weighted by Gasteiger charge is -2.17. The molecule has 1 aliphatic rings. The molecular weight excluding hydrogens is 212 g/mol. The fourth-order valence-corrected chi connectivity index (χ4v) is 2.43. The van der Waals surface area contributed by atoms with E-state index < -0.39 is 0 Å². The summed E-state index contributed by atoms with van der Waals surface area (Å²) in [6, 6.07) is 0. The fraction of sp³-hybridized carbons (Fsp3) is 0.600. The van der Waals surface area contributed by atoms with Crippen molar-refractivity contribution >= 4 is 22.3 Å². The van der Waals surface area contributed by atoms with Gasteiger partial charge in [0.2, 0.25) is 0 Å². The Labute approximate surface area is 92.9 Å². The van der Waals surface area contributed by atoms with E-state index in [0.717, 1.165) is 37.9 Å². The molecule has 0 spiro atoms. The predicted octanol–water partition coefficient (Wildman–Crippen LogP) is 1.57. The van der Waals surface area contributed by atoms with Crippen LogP contribution in [0.1, 0.15) is 23.8 Å². The number of carbonyl (C=O) groups excluding carboxylic acids is 1. The van der Waals surface area contributed by atoms with Gasteiger partial charge in [-0.1, -0.05) is 0 Å². The number of Topliss-reactive ketones (excluding diaryl/α,β-unsaturated/α-hetero) is 1. The van der Waals surface area contributed by atoms with Crippen molar-refractivity contribution in [3.05, 3.63) is 11.1 Å². The molecule has 0 saturated carbocycles. The summed E-state index contributed by atoms with van der Waals surface area (Å²) in [5.74, 6) is 0.0311. The number of carbonyl (C=O) groups is 1. The Balaban J connectivity index is 2.10. The van der Waals surface area contributed by atoms with Gasteiger partial charge in [0.05, 0.1) is 6.61 Å². The fourth-order valence-electron chi connectivity index (χ4n) is 1.51. The van der Waals surface area contributed by atoms with Crippen molar-refractivity contribution in [1.82, 2.24) is 4.98 Å². The molecule has 1 saturated heterocycles. The Hall–Kier alpha value is -0.940. The minimum Gasteiger partial charge on any atom is -0.380 e. The van der Waals surface area contributed by atoms with E-state index in [1.807, 2.05) is 5.38 Å². The second-order valence-corrected chi connectivity index (χ2v) is 4.36. The lowest BCUT2D eigenvalue weighted by Crippen LogP contribution is -2.25. The van der Waals surface area contributed by atoms with Crippen molar-refractivity contribution in [1.29, 1.82) is 0 Å². The molecule has 2 heterocycles. The highest BCUT2D eigenvalue weighted by molar-refractivity contribution is 7.13. The summed E-state index contributed by atoms with van der Waals surface area (Å²) in [6.45, 7) is 4.94.